The molecule has 0 radical (unpaired) electrons. The monoisotopic (exact) mass is 493 g/mol. The summed E-state index contributed by atoms with van der Waals surface area (Å²) in [6.07, 6.45) is 1.59. The van der Waals surface area contributed by atoms with Gasteiger partial charge in [0.15, 0.2) is 0 Å². The maximum absolute atomic E-state index is 13.1. The molecule has 174 valence electrons. The van der Waals surface area contributed by atoms with Crippen LogP contribution in [0.15, 0.2) is 54.9 Å². The van der Waals surface area contributed by atoms with Crippen molar-refractivity contribution >= 4 is 56.3 Å². The van der Waals surface area contributed by atoms with Crippen molar-refractivity contribution in [2.24, 2.45) is 0 Å². The van der Waals surface area contributed by atoms with Crippen LogP contribution in [0, 0.1) is 6.92 Å². The van der Waals surface area contributed by atoms with E-state index >= 15 is 0 Å². The number of amides is 1. The summed E-state index contributed by atoms with van der Waals surface area (Å²) in [5.41, 5.74) is 2.73. The number of rotatable bonds is 5. The van der Waals surface area contributed by atoms with Gasteiger partial charge in [-0.1, -0.05) is 29.8 Å². The minimum Gasteiger partial charge on any atom is -0.495 e. The highest BCUT2D eigenvalue weighted by Crippen LogP contribution is 2.36. The van der Waals surface area contributed by atoms with E-state index in [1.807, 2.05) is 13.0 Å². The van der Waals surface area contributed by atoms with Crippen LogP contribution >= 0.6 is 22.9 Å². The second-order valence-corrected chi connectivity index (χ2v) is 9.45. The number of halogens is 1. The van der Waals surface area contributed by atoms with Crippen molar-refractivity contribution in [2.45, 2.75) is 6.92 Å². The summed E-state index contributed by atoms with van der Waals surface area (Å²) < 4.78 is 5.19. The Kier molecular flexibility index (Phi) is 6.26. The van der Waals surface area contributed by atoms with Gasteiger partial charge in [-0.2, -0.15) is 0 Å². The van der Waals surface area contributed by atoms with E-state index in [1.54, 1.807) is 31.6 Å². The van der Waals surface area contributed by atoms with Crippen molar-refractivity contribution in [3.05, 3.63) is 70.3 Å². The third-order valence-electron chi connectivity index (χ3n) is 6.02. The number of aromatic nitrogens is 2. The molecule has 3 heterocycles. The predicted molar refractivity (Wildman–Crippen MR) is 139 cm³/mol. The number of carbonyl (C=O) groups excluding carboxylic acids is 1. The fourth-order valence-corrected chi connectivity index (χ4v) is 5.55. The number of nitrogens with one attached hydrogen (secondary N) is 1. The number of benzene rings is 2. The summed E-state index contributed by atoms with van der Waals surface area (Å²) in [5.74, 6) is 1.25. The SMILES string of the molecule is COc1ccc(NC(=O)c2sc3ncnc(N4CCN(c5ccccc5)CC4)c3c2C)cc1Cl. The molecule has 0 aliphatic carbocycles. The van der Waals surface area contributed by atoms with E-state index < -0.39 is 0 Å². The van der Waals surface area contributed by atoms with Gasteiger partial charge in [-0.25, -0.2) is 9.97 Å². The number of nitrogens with zero attached hydrogens (tertiary/aromatic N) is 4. The number of methoxy groups -OCH3 is 1. The zero-order chi connectivity index (χ0) is 23.7. The predicted octanol–water partition coefficient (Wildman–Crippen LogP) is 5.24. The van der Waals surface area contributed by atoms with Crippen LogP contribution in [-0.4, -0.2) is 49.2 Å². The molecule has 0 spiro atoms. The van der Waals surface area contributed by atoms with Gasteiger partial charge in [-0.3, -0.25) is 4.79 Å². The molecule has 4 aromatic rings. The molecule has 1 aliphatic heterocycles. The maximum atomic E-state index is 13.1. The van der Waals surface area contributed by atoms with E-state index in [0.717, 1.165) is 47.8 Å². The van der Waals surface area contributed by atoms with Gasteiger partial charge in [0.25, 0.3) is 5.91 Å². The number of anilines is 3. The van der Waals surface area contributed by atoms with Gasteiger partial charge in [0, 0.05) is 37.6 Å². The summed E-state index contributed by atoms with van der Waals surface area (Å²) in [4.78, 5) is 28.3. The molecule has 2 aromatic heterocycles. The van der Waals surface area contributed by atoms with Crippen molar-refractivity contribution in [1.29, 1.82) is 0 Å². The fourth-order valence-electron chi connectivity index (χ4n) is 4.26. The number of aryl methyl sites for hydroxylation is 1. The molecule has 2 aromatic carbocycles. The molecule has 1 amide bonds. The van der Waals surface area contributed by atoms with E-state index in [2.05, 4.69) is 49.4 Å². The van der Waals surface area contributed by atoms with Gasteiger partial charge in [0.05, 0.1) is 22.4 Å². The molecular weight excluding hydrogens is 470 g/mol. The van der Waals surface area contributed by atoms with Crippen LogP contribution in [0.25, 0.3) is 10.2 Å². The maximum Gasteiger partial charge on any atom is 0.266 e. The zero-order valence-electron chi connectivity index (χ0n) is 18.9. The third kappa shape index (κ3) is 4.26. The Bertz CT molecular complexity index is 1340. The molecule has 0 saturated carbocycles. The largest absolute Gasteiger partial charge is 0.495 e. The van der Waals surface area contributed by atoms with Crippen LogP contribution in [0.3, 0.4) is 0 Å². The molecular formula is C25H24ClN5O2S. The Morgan fingerprint density at radius 3 is 2.50 bits per heavy atom. The molecule has 1 N–H and O–H groups in total. The fraction of sp³-hybridized carbons (Fsp3) is 0.240. The first-order valence-corrected chi connectivity index (χ1v) is 12.2. The average molecular weight is 494 g/mol. The highest BCUT2D eigenvalue weighted by Gasteiger charge is 2.25. The Labute approximate surface area is 207 Å². The van der Waals surface area contributed by atoms with Gasteiger partial charge in [0.2, 0.25) is 0 Å². The quantitative estimate of drug-likeness (QED) is 0.410. The van der Waals surface area contributed by atoms with Gasteiger partial charge >= 0.3 is 0 Å². The van der Waals surface area contributed by atoms with Crippen molar-refractivity contribution in [2.75, 3.05) is 48.4 Å². The van der Waals surface area contributed by atoms with Crippen LogP contribution in [0.2, 0.25) is 5.02 Å². The molecule has 0 unspecified atom stereocenters. The number of hydrogen-bond donors (Lipinski definition) is 1. The summed E-state index contributed by atoms with van der Waals surface area (Å²) in [6.45, 7) is 5.47. The van der Waals surface area contributed by atoms with E-state index in [4.69, 9.17) is 16.3 Å². The lowest BCUT2D eigenvalue weighted by atomic mass is 10.1. The number of carbonyl (C=O) groups is 1. The smallest absolute Gasteiger partial charge is 0.266 e. The summed E-state index contributed by atoms with van der Waals surface area (Å²) in [7, 11) is 1.56. The lowest BCUT2D eigenvalue weighted by Gasteiger charge is -2.37. The Balaban J connectivity index is 1.38. The molecule has 34 heavy (non-hydrogen) atoms. The summed E-state index contributed by atoms with van der Waals surface area (Å²) in [5, 5.41) is 4.32. The first kappa shape index (κ1) is 22.4. The van der Waals surface area contributed by atoms with E-state index in [1.165, 1.54) is 17.0 Å². The number of hydrogen-bond acceptors (Lipinski definition) is 7. The molecule has 0 bridgehead atoms. The van der Waals surface area contributed by atoms with Crippen molar-refractivity contribution < 1.29 is 9.53 Å². The minimum absolute atomic E-state index is 0.193. The highest BCUT2D eigenvalue weighted by atomic mass is 35.5. The van der Waals surface area contributed by atoms with Gasteiger partial charge in [0.1, 0.15) is 22.7 Å². The lowest BCUT2D eigenvalue weighted by Crippen LogP contribution is -2.46. The van der Waals surface area contributed by atoms with Crippen LogP contribution in [0.5, 0.6) is 5.75 Å². The highest BCUT2D eigenvalue weighted by molar-refractivity contribution is 7.20. The number of piperazine rings is 1. The normalized spacial score (nSPS) is 13.9. The Hall–Kier alpha value is -3.36. The van der Waals surface area contributed by atoms with Crippen LogP contribution < -0.4 is 19.9 Å². The molecule has 7 nitrogen and oxygen atoms in total. The van der Waals surface area contributed by atoms with E-state index in [-0.39, 0.29) is 5.91 Å². The second kappa shape index (κ2) is 9.48. The molecule has 9 heteroatoms. The molecule has 0 atom stereocenters. The molecule has 1 saturated heterocycles. The standard InChI is InChI=1S/C25H24ClN5O2S/c1-16-21-23(31-12-10-30(11-13-31)18-6-4-3-5-7-18)27-15-28-25(21)34-22(16)24(32)29-17-8-9-20(33-2)19(26)14-17/h3-9,14-15H,10-13H2,1-2H3,(H,29,32). The summed E-state index contributed by atoms with van der Waals surface area (Å²) in [6, 6.07) is 15.6. The second-order valence-electron chi connectivity index (χ2n) is 8.05. The summed E-state index contributed by atoms with van der Waals surface area (Å²) >= 11 is 7.59. The van der Waals surface area contributed by atoms with Gasteiger partial charge < -0.3 is 19.9 Å². The first-order valence-electron chi connectivity index (χ1n) is 11.0. The van der Waals surface area contributed by atoms with Crippen LogP contribution in [0.4, 0.5) is 17.2 Å². The van der Waals surface area contributed by atoms with Crippen molar-refractivity contribution in [1.82, 2.24) is 9.97 Å². The zero-order valence-corrected chi connectivity index (χ0v) is 20.5. The number of para-hydroxylation sites is 1. The first-order chi connectivity index (χ1) is 16.5. The molecule has 1 fully saturated rings. The van der Waals surface area contributed by atoms with Crippen molar-refractivity contribution in [3.63, 3.8) is 0 Å². The van der Waals surface area contributed by atoms with Crippen molar-refractivity contribution in [3.8, 4) is 5.75 Å². The van der Waals surface area contributed by atoms with Gasteiger partial charge in [-0.05, 0) is 42.8 Å². The van der Waals surface area contributed by atoms with Gasteiger partial charge in [-0.15, -0.1) is 11.3 Å². The number of thiophene rings is 1. The number of fused-ring (bicyclic) bond motifs is 1. The topological polar surface area (TPSA) is 70.6 Å². The third-order valence-corrected chi connectivity index (χ3v) is 7.52. The molecule has 1 aliphatic rings. The lowest BCUT2D eigenvalue weighted by molar-refractivity contribution is 0.103. The Morgan fingerprint density at radius 2 is 1.79 bits per heavy atom. The molecule has 5 rings (SSSR count). The number of ether oxygens (including phenoxy) is 1. The van der Waals surface area contributed by atoms with Crippen LogP contribution in [-0.2, 0) is 0 Å². The van der Waals surface area contributed by atoms with Crippen LogP contribution in [0.1, 0.15) is 15.2 Å². The Morgan fingerprint density at radius 1 is 1.06 bits per heavy atom. The average Bonchev–Trinajstić information content (AvgIpc) is 3.21. The minimum atomic E-state index is -0.193. The van der Waals surface area contributed by atoms with E-state index in [0.29, 0.717) is 21.3 Å². The van der Waals surface area contributed by atoms with E-state index in [9.17, 15) is 4.79 Å².